The van der Waals surface area contributed by atoms with Crippen LogP contribution in [-0.4, -0.2) is 36.9 Å². The maximum absolute atomic E-state index is 13.2. The van der Waals surface area contributed by atoms with Crippen molar-refractivity contribution in [3.63, 3.8) is 0 Å². The fourth-order valence-corrected chi connectivity index (χ4v) is 3.03. The third kappa shape index (κ3) is 3.63. The van der Waals surface area contributed by atoms with Crippen molar-refractivity contribution in [1.29, 1.82) is 0 Å². The third-order valence-corrected chi connectivity index (χ3v) is 4.14. The molecular formula is C18H18F2N2O. The first-order chi connectivity index (χ1) is 11.2. The summed E-state index contributed by atoms with van der Waals surface area (Å²) in [5, 5.41) is 3.15. The smallest absolute Gasteiger partial charge is 0.138 e. The molecule has 1 N–H and O–H groups in total. The van der Waals surface area contributed by atoms with Gasteiger partial charge in [0.2, 0.25) is 0 Å². The van der Waals surface area contributed by atoms with Crippen molar-refractivity contribution in [2.75, 3.05) is 19.6 Å². The van der Waals surface area contributed by atoms with E-state index in [-0.39, 0.29) is 23.7 Å². The second-order valence-corrected chi connectivity index (χ2v) is 5.70. The van der Waals surface area contributed by atoms with Crippen molar-refractivity contribution < 1.29 is 13.6 Å². The SMILES string of the molecule is O=CC1CN(C(c2ccc(F)cc2)c2ccc(F)cc2)CCN1. The minimum absolute atomic E-state index is 0.138. The van der Waals surface area contributed by atoms with Crippen LogP contribution in [0.25, 0.3) is 0 Å². The van der Waals surface area contributed by atoms with Gasteiger partial charge in [0.05, 0.1) is 12.1 Å². The Balaban J connectivity index is 1.97. The van der Waals surface area contributed by atoms with E-state index < -0.39 is 0 Å². The molecule has 3 nitrogen and oxygen atoms in total. The van der Waals surface area contributed by atoms with Gasteiger partial charge in [0.15, 0.2) is 0 Å². The molecule has 0 saturated carbocycles. The van der Waals surface area contributed by atoms with Gasteiger partial charge in [-0.3, -0.25) is 4.90 Å². The summed E-state index contributed by atoms with van der Waals surface area (Å²) in [6.45, 7) is 2.01. The lowest BCUT2D eigenvalue weighted by Gasteiger charge is -2.37. The first-order valence-electron chi connectivity index (χ1n) is 7.61. The molecule has 0 radical (unpaired) electrons. The number of hydrogen-bond donors (Lipinski definition) is 1. The van der Waals surface area contributed by atoms with Gasteiger partial charge < -0.3 is 10.1 Å². The van der Waals surface area contributed by atoms with Crippen LogP contribution < -0.4 is 5.32 Å². The molecule has 1 unspecified atom stereocenters. The lowest BCUT2D eigenvalue weighted by atomic mass is 9.95. The highest BCUT2D eigenvalue weighted by molar-refractivity contribution is 5.58. The van der Waals surface area contributed by atoms with Crippen LogP contribution in [-0.2, 0) is 4.79 Å². The molecule has 1 aliphatic rings. The van der Waals surface area contributed by atoms with Gasteiger partial charge in [0, 0.05) is 19.6 Å². The van der Waals surface area contributed by atoms with E-state index in [4.69, 9.17) is 0 Å². The lowest BCUT2D eigenvalue weighted by molar-refractivity contribution is -0.110. The fraction of sp³-hybridized carbons (Fsp3) is 0.278. The average molecular weight is 316 g/mol. The summed E-state index contributed by atoms with van der Waals surface area (Å²) in [5.74, 6) is -0.588. The molecule has 120 valence electrons. The number of carbonyl (C=O) groups is 1. The highest BCUT2D eigenvalue weighted by atomic mass is 19.1. The van der Waals surface area contributed by atoms with Crippen LogP contribution in [0.1, 0.15) is 17.2 Å². The van der Waals surface area contributed by atoms with Crippen LogP contribution >= 0.6 is 0 Å². The van der Waals surface area contributed by atoms with Gasteiger partial charge in [-0.15, -0.1) is 0 Å². The van der Waals surface area contributed by atoms with Crippen LogP contribution in [0.15, 0.2) is 48.5 Å². The Bertz CT molecular complexity index is 612. The van der Waals surface area contributed by atoms with Crippen LogP contribution in [0.2, 0.25) is 0 Å². The van der Waals surface area contributed by atoms with E-state index >= 15 is 0 Å². The number of nitrogens with one attached hydrogen (secondary N) is 1. The Kier molecular flexibility index (Phi) is 4.79. The number of benzene rings is 2. The van der Waals surface area contributed by atoms with Crippen molar-refractivity contribution in [3.05, 3.63) is 71.3 Å². The number of hydrogen-bond acceptors (Lipinski definition) is 3. The van der Waals surface area contributed by atoms with Gasteiger partial charge in [0.25, 0.3) is 0 Å². The van der Waals surface area contributed by atoms with E-state index in [1.807, 2.05) is 0 Å². The molecule has 1 atom stereocenters. The Morgan fingerprint density at radius 3 is 2.00 bits per heavy atom. The minimum atomic E-state index is -0.294. The van der Waals surface area contributed by atoms with Crippen molar-refractivity contribution in [3.8, 4) is 0 Å². The first-order valence-corrected chi connectivity index (χ1v) is 7.61. The normalized spacial score (nSPS) is 19.0. The van der Waals surface area contributed by atoms with Crippen molar-refractivity contribution in [1.82, 2.24) is 10.2 Å². The molecule has 0 aromatic heterocycles. The average Bonchev–Trinajstić information content (AvgIpc) is 2.59. The number of halogens is 2. The topological polar surface area (TPSA) is 32.3 Å². The van der Waals surface area contributed by atoms with E-state index in [0.717, 1.165) is 24.0 Å². The summed E-state index contributed by atoms with van der Waals surface area (Å²) in [6, 6.07) is 12.3. The molecule has 1 fully saturated rings. The lowest BCUT2D eigenvalue weighted by Crippen LogP contribution is -2.52. The zero-order valence-corrected chi connectivity index (χ0v) is 12.6. The van der Waals surface area contributed by atoms with Gasteiger partial charge in [-0.25, -0.2) is 8.78 Å². The molecule has 2 aromatic rings. The van der Waals surface area contributed by atoms with E-state index in [1.54, 1.807) is 24.3 Å². The van der Waals surface area contributed by atoms with Crippen LogP contribution in [0.4, 0.5) is 8.78 Å². The number of nitrogens with zero attached hydrogens (tertiary/aromatic N) is 1. The molecule has 0 aliphatic carbocycles. The summed E-state index contributed by atoms with van der Waals surface area (Å²) in [6.07, 6.45) is 0.901. The Morgan fingerprint density at radius 2 is 1.52 bits per heavy atom. The molecule has 2 aromatic carbocycles. The summed E-state index contributed by atoms with van der Waals surface area (Å²) in [5.41, 5.74) is 1.84. The molecule has 23 heavy (non-hydrogen) atoms. The van der Waals surface area contributed by atoms with Crippen molar-refractivity contribution in [2.45, 2.75) is 12.1 Å². The van der Waals surface area contributed by atoms with Crippen LogP contribution in [0.5, 0.6) is 0 Å². The van der Waals surface area contributed by atoms with Crippen LogP contribution in [0, 0.1) is 11.6 Å². The van der Waals surface area contributed by atoms with Gasteiger partial charge in [-0.2, -0.15) is 0 Å². The van der Waals surface area contributed by atoms with Crippen molar-refractivity contribution in [2.24, 2.45) is 0 Å². The zero-order valence-electron chi connectivity index (χ0n) is 12.6. The quantitative estimate of drug-likeness (QED) is 0.880. The van der Waals surface area contributed by atoms with Crippen molar-refractivity contribution >= 4 is 6.29 Å². The fourth-order valence-electron chi connectivity index (χ4n) is 3.03. The van der Waals surface area contributed by atoms with E-state index in [2.05, 4.69) is 10.2 Å². The van der Waals surface area contributed by atoms with Crippen LogP contribution in [0.3, 0.4) is 0 Å². The van der Waals surface area contributed by atoms with E-state index in [0.29, 0.717) is 13.1 Å². The first kappa shape index (κ1) is 15.8. The van der Waals surface area contributed by atoms with Gasteiger partial charge >= 0.3 is 0 Å². The molecule has 1 heterocycles. The predicted octanol–water partition coefficient (Wildman–Crippen LogP) is 2.53. The summed E-state index contributed by atoms with van der Waals surface area (Å²) in [7, 11) is 0. The number of piperazine rings is 1. The Hall–Kier alpha value is -2.11. The summed E-state index contributed by atoms with van der Waals surface area (Å²) >= 11 is 0. The summed E-state index contributed by atoms with van der Waals surface area (Å²) in [4.78, 5) is 13.3. The largest absolute Gasteiger partial charge is 0.305 e. The van der Waals surface area contributed by atoms with E-state index in [9.17, 15) is 13.6 Å². The molecule has 1 aliphatic heterocycles. The van der Waals surface area contributed by atoms with Gasteiger partial charge in [0.1, 0.15) is 17.9 Å². The standard InChI is InChI=1S/C18H18F2N2O/c19-15-5-1-13(2-6-15)18(14-3-7-16(20)8-4-14)22-10-9-21-17(11-22)12-23/h1-8,12,17-18,21H,9-11H2. The maximum Gasteiger partial charge on any atom is 0.138 e. The van der Waals surface area contributed by atoms with Gasteiger partial charge in [-0.05, 0) is 35.4 Å². The third-order valence-electron chi connectivity index (χ3n) is 4.14. The molecule has 0 spiro atoms. The second kappa shape index (κ2) is 6.98. The zero-order chi connectivity index (χ0) is 16.2. The highest BCUT2D eigenvalue weighted by Crippen LogP contribution is 2.29. The number of aldehydes is 1. The molecule has 3 rings (SSSR count). The minimum Gasteiger partial charge on any atom is -0.305 e. The summed E-state index contributed by atoms with van der Waals surface area (Å²) < 4.78 is 26.5. The van der Waals surface area contributed by atoms with Gasteiger partial charge in [-0.1, -0.05) is 24.3 Å². The maximum atomic E-state index is 13.2. The monoisotopic (exact) mass is 316 g/mol. The Morgan fingerprint density at radius 1 is 1.00 bits per heavy atom. The second-order valence-electron chi connectivity index (χ2n) is 5.70. The molecular weight excluding hydrogens is 298 g/mol. The number of rotatable bonds is 4. The molecule has 5 heteroatoms. The van der Waals surface area contributed by atoms with E-state index in [1.165, 1.54) is 24.3 Å². The molecule has 1 saturated heterocycles. The highest BCUT2D eigenvalue weighted by Gasteiger charge is 2.27. The molecule has 0 amide bonds. The number of carbonyl (C=O) groups excluding carboxylic acids is 1. The molecule has 0 bridgehead atoms. The predicted molar refractivity (Wildman–Crippen MR) is 84.1 cm³/mol. The Labute approximate surface area is 133 Å².